The minimum atomic E-state index is -4.50. The van der Waals surface area contributed by atoms with Crippen LogP contribution in [0.1, 0.15) is 6.42 Å². The van der Waals surface area contributed by atoms with Crippen LogP contribution in [0.15, 0.2) is 0 Å². The lowest BCUT2D eigenvalue weighted by molar-refractivity contribution is -0.147. The van der Waals surface area contributed by atoms with Crippen molar-refractivity contribution >= 4 is 17.8 Å². The van der Waals surface area contributed by atoms with Gasteiger partial charge in [0, 0.05) is 13.1 Å². The Balaban J connectivity index is 2.58. The Bertz CT molecular complexity index is 414. The van der Waals surface area contributed by atoms with E-state index in [0.29, 0.717) is 0 Å². The van der Waals surface area contributed by atoms with Gasteiger partial charge in [0.1, 0.15) is 12.6 Å². The van der Waals surface area contributed by atoms with Crippen LogP contribution in [-0.4, -0.2) is 68.2 Å². The van der Waals surface area contributed by atoms with Gasteiger partial charge in [-0.2, -0.15) is 13.2 Å². The molecule has 0 bridgehead atoms. The summed E-state index contributed by atoms with van der Waals surface area (Å²) < 4.78 is 40.4. The second-order valence-corrected chi connectivity index (χ2v) is 4.45. The predicted molar refractivity (Wildman–Crippen MR) is 64.1 cm³/mol. The van der Waals surface area contributed by atoms with Crippen molar-refractivity contribution in [2.24, 2.45) is 0 Å². The Morgan fingerprint density at radius 1 is 1.48 bits per heavy atom. The molecule has 0 aromatic rings. The zero-order chi connectivity index (χ0) is 16.0. The van der Waals surface area contributed by atoms with Crippen LogP contribution in [0.3, 0.4) is 0 Å². The molecule has 1 atom stereocenters. The van der Waals surface area contributed by atoms with E-state index in [-0.39, 0.29) is 19.5 Å². The number of piperazine rings is 1. The molecule has 1 unspecified atom stereocenters. The lowest BCUT2D eigenvalue weighted by Gasteiger charge is -2.33. The van der Waals surface area contributed by atoms with Gasteiger partial charge in [0.2, 0.25) is 11.8 Å². The van der Waals surface area contributed by atoms with Crippen molar-refractivity contribution in [1.82, 2.24) is 15.5 Å². The predicted octanol–water partition coefficient (Wildman–Crippen LogP) is -0.972. The summed E-state index contributed by atoms with van der Waals surface area (Å²) in [5.74, 6) is -1.97. The highest BCUT2D eigenvalue weighted by Gasteiger charge is 2.34. The number of carbonyl (C=O) groups excluding carboxylic acids is 3. The molecule has 0 saturated carbocycles. The van der Waals surface area contributed by atoms with Crippen molar-refractivity contribution < 1.29 is 32.3 Å². The Labute approximate surface area is 118 Å². The molecule has 1 saturated heterocycles. The number of nitrogens with one attached hydrogen (secondary N) is 2. The fourth-order valence-corrected chi connectivity index (χ4v) is 1.85. The number of alkyl halides is 3. The molecule has 7 nitrogen and oxygen atoms in total. The summed E-state index contributed by atoms with van der Waals surface area (Å²) in [6.07, 6.45) is -4.77. The van der Waals surface area contributed by atoms with Crippen LogP contribution in [0.25, 0.3) is 0 Å². The van der Waals surface area contributed by atoms with E-state index >= 15 is 0 Å². The van der Waals surface area contributed by atoms with E-state index in [1.54, 1.807) is 5.32 Å². The SMILES string of the molecule is COC(=O)CC1C(=O)NCCN1CC(=O)NCC(F)(F)F. The summed E-state index contributed by atoms with van der Waals surface area (Å²) in [5, 5.41) is 4.24. The lowest BCUT2D eigenvalue weighted by Crippen LogP contribution is -2.58. The van der Waals surface area contributed by atoms with Gasteiger partial charge >= 0.3 is 12.1 Å². The van der Waals surface area contributed by atoms with E-state index in [1.165, 1.54) is 4.90 Å². The summed E-state index contributed by atoms with van der Waals surface area (Å²) in [4.78, 5) is 35.7. The monoisotopic (exact) mass is 311 g/mol. The molecule has 0 radical (unpaired) electrons. The molecule has 1 aliphatic rings. The Kier molecular flexibility index (Phi) is 5.94. The maximum Gasteiger partial charge on any atom is 0.405 e. The van der Waals surface area contributed by atoms with Crippen molar-refractivity contribution in [3.8, 4) is 0 Å². The molecule has 1 heterocycles. The summed E-state index contributed by atoms with van der Waals surface area (Å²) in [5.41, 5.74) is 0. The van der Waals surface area contributed by atoms with Gasteiger partial charge < -0.3 is 15.4 Å². The van der Waals surface area contributed by atoms with Gasteiger partial charge in [0.15, 0.2) is 0 Å². The van der Waals surface area contributed by atoms with E-state index in [0.717, 1.165) is 7.11 Å². The number of hydrogen-bond donors (Lipinski definition) is 2. The molecule has 2 amide bonds. The smallest absolute Gasteiger partial charge is 0.405 e. The first kappa shape index (κ1) is 17.2. The van der Waals surface area contributed by atoms with Gasteiger partial charge in [0.05, 0.1) is 20.1 Å². The van der Waals surface area contributed by atoms with E-state index < -0.39 is 43.1 Å². The highest BCUT2D eigenvalue weighted by atomic mass is 19.4. The second-order valence-electron chi connectivity index (χ2n) is 4.45. The Morgan fingerprint density at radius 2 is 2.14 bits per heavy atom. The largest absolute Gasteiger partial charge is 0.469 e. The summed E-state index contributed by atoms with van der Waals surface area (Å²) in [6.45, 7) is -1.32. The number of ether oxygens (including phenoxy) is 1. The van der Waals surface area contributed by atoms with Crippen LogP contribution < -0.4 is 10.6 Å². The molecule has 120 valence electrons. The first-order valence-electron chi connectivity index (χ1n) is 6.15. The molecule has 1 fully saturated rings. The minimum absolute atomic E-state index is 0.253. The van der Waals surface area contributed by atoms with Crippen LogP contribution in [0, 0.1) is 0 Å². The summed E-state index contributed by atoms with van der Waals surface area (Å²) in [6, 6.07) is -0.928. The first-order valence-corrected chi connectivity index (χ1v) is 6.15. The van der Waals surface area contributed by atoms with Gasteiger partial charge in [-0.1, -0.05) is 0 Å². The standard InChI is InChI=1S/C11H16F3N3O4/c1-21-9(19)4-7-10(20)15-2-3-17(7)5-8(18)16-6-11(12,13)14/h7H,2-6H2,1H3,(H,15,20)(H,16,18). The fourth-order valence-electron chi connectivity index (χ4n) is 1.85. The quantitative estimate of drug-likeness (QED) is 0.638. The molecule has 0 aliphatic carbocycles. The molecule has 0 spiro atoms. The summed E-state index contributed by atoms with van der Waals surface area (Å²) in [7, 11) is 1.16. The zero-order valence-electron chi connectivity index (χ0n) is 11.3. The van der Waals surface area contributed by atoms with Crippen LogP contribution in [0.2, 0.25) is 0 Å². The van der Waals surface area contributed by atoms with Crippen LogP contribution in [0.4, 0.5) is 13.2 Å². The molecule has 1 rings (SSSR count). The number of esters is 1. The molecule has 10 heteroatoms. The van der Waals surface area contributed by atoms with Crippen LogP contribution in [-0.2, 0) is 19.1 Å². The summed E-state index contributed by atoms with van der Waals surface area (Å²) >= 11 is 0. The Hall–Kier alpha value is -1.84. The number of nitrogens with zero attached hydrogens (tertiary/aromatic N) is 1. The number of rotatable bonds is 5. The zero-order valence-corrected chi connectivity index (χ0v) is 11.3. The third kappa shape index (κ3) is 5.98. The van der Waals surface area contributed by atoms with Gasteiger partial charge in [0.25, 0.3) is 0 Å². The third-order valence-corrected chi connectivity index (χ3v) is 2.86. The topological polar surface area (TPSA) is 87.7 Å². The van der Waals surface area contributed by atoms with E-state index in [1.807, 2.05) is 0 Å². The first-order chi connectivity index (χ1) is 9.73. The van der Waals surface area contributed by atoms with Crippen molar-refractivity contribution in [3.63, 3.8) is 0 Å². The number of methoxy groups -OCH3 is 1. The van der Waals surface area contributed by atoms with Gasteiger partial charge in [-0.15, -0.1) is 0 Å². The maximum absolute atomic E-state index is 12.0. The van der Waals surface area contributed by atoms with Crippen molar-refractivity contribution in [2.75, 3.05) is 33.3 Å². The molecular weight excluding hydrogens is 295 g/mol. The normalized spacial score (nSPS) is 19.8. The number of amides is 2. The van der Waals surface area contributed by atoms with E-state index in [2.05, 4.69) is 10.1 Å². The van der Waals surface area contributed by atoms with Gasteiger partial charge in [-0.05, 0) is 0 Å². The molecule has 0 aromatic heterocycles. The van der Waals surface area contributed by atoms with Gasteiger partial charge in [-0.25, -0.2) is 0 Å². The van der Waals surface area contributed by atoms with Gasteiger partial charge in [-0.3, -0.25) is 19.3 Å². The fraction of sp³-hybridized carbons (Fsp3) is 0.727. The third-order valence-electron chi connectivity index (χ3n) is 2.86. The molecular formula is C11H16F3N3O4. The van der Waals surface area contributed by atoms with Crippen LogP contribution >= 0.6 is 0 Å². The maximum atomic E-state index is 12.0. The average Bonchev–Trinajstić information content (AvgIpc) is 2.39. The highest BCUT2D eigenvalue weighted by molar-refractivity contribution is 5.88. The molecule has 0 aromatic carbocycles. The van der Waals surface area contributed by atoms with Crippen LogP contribution in [0.5, 0.6) is 0 Å². The molecule has 1 aliphatic heterocycles. The highest BCUT2D eigenvalue weighted by Crippen LogP contribution is 2.13. The average molecular weight is 311 g/mol. The van der Waals surface area contributed by atoms with Crippen molar-refractivity contribution in [1.29, 1.82) is 0 Å². The minimum Gasteiger partial charge on any atom is -0.469 e. The van der Waals surface area contributed by atoms with Crippen molar-refractivity contribution in [3.05, 3.63) is 0 Å². The lowest BCUT2D eigenvalue weighted by atomic mass is 10.1. The number of halogens is 3. The Morgan fingerprint density at radius 3 is 2.71 bits per heavy atom. The number of carbonyl (C=O) groups is 3. The van der Waals surface area contributed by atoms with E-state index in [4.69, 9.17) is 0 Å². The number of hydrogen-bond acceptors (Lipinski definition) is 5. The van der Waals surface area contributed by atoms with E-state index in [9.17, 15) is 27.6 Å². The van der Waals surface area contributed by atoms with Crippen molar-refractivity contribution in [2.45, 2.75) is 18.6 Å². The molecule has 2 N–H and O–H groups in total. The second kappa shape index (κ2) is 7.25. The molecule has 21 heavy (non-hydrogen) atoms.